The number of cyclic esters (lactones) is 1. The van der Waals surface area contributed by atoms with Crippen molar-refractivity contribution in [3.8, 4) is 0 Å². The van der Waals surface area contributed by atoms with Crippen LogP contribution in [0.15, 0.2) is 41.3 Å². The fourth-order valence-corrected chi connectivity index (χ4v) is 4.85. The average Bonchev–Trinajstić information content (AvgIpc) is 2.98. The zero-order valence-electron chi connectivity index (χ0n) is 17.3. The van der Waals surface area contributed by atoms with Gasteiger partial charge in [-0.05, 0) is 44.7 Å². The van der Waals surface area contributed by atoms with Gasteiger partial charge in [-0.1, -0.05) is 69.4 Å². The molecule has 0 saturated carbocycles. The van der Waals surface area contributed by atoms with Crippen molar-refractivity contribution in [1.82, 2.24) is 4.31 Å². The third kappa shape index (κ3) is 5.60. The summed E-state index contributed by atoms with van der Waals surface area (Å²) in [5.74, 6) is 0. The summed E-state index contributed by atoms with van der Waals surface area (Å²) in [6.07, 6.45) is 10.5. The maximum Gasteiger partial charge on any atom is 0.424 e. The van der Waals surface area contributed by atoms with E-state index < -0.39 is 28.3 Å². The van der Waals surface area contributed by atoms with Crippen molar-refractivity contribution in [2.45, 2.75) is 89.2 Å². The third-order valence-electron chi connectivity index (χ3n) is 5.06. The Kier molecular flexibility index (Phi) is 8.55. The molecular formula is C22H33NO4S. The van der Waals surface area contributed by atoms with Gasteiger partial charge in [-0.3, -0.25) is 0 Å². The molecule has 0 unspecified atom stereocenters. The predicted molar refractivity (Wildman–Crippen MR) is 112 cm³/mol. The molecule has 1 fully saturated rings. The monoisotopic (exact) mass is 407 g/mol. The van der Waals surface area contributed by atoms with Gasteiger partial charge in [0.2, 0.25) is 0 Å². The van der Waals surface area contributed by atoms with Gasteiger partial charge in [0.05, 0.1) is 4.90 Å². The predicted octanol–water partition coefficient (Wildman–Crippen LogP) is 5.59. The van der Waals surface area contributed by atoms with E-state index >= 15 is 0 Å². The van der Waals surface area contributed by atoms with E-state index in [0.29, 0.717) is 6.42 Å². The van der Waals surface area contributed by atoms with E-state index in [9.17, 15) is 13.2 Å². The molecule has 1 saturated heterocycles. The summed E-state index contributed by atoms with van der Waals surface area (Å²) in [5, 5.41) is 0. The van der Waals surface area contributed by atoms with E-state index in [2.05, 4.69) is 13.8 Å². The number of unbranched alkanes of at least 4 members (excludes halogenated alkanes) is 5. The van der Waals surface area contributed by atoms with Crippen LogP contribution in [0.3, 0.4) is 0 Å². The second-order valence-corrected chi connectivity index (χ2v) is 9.26. The molecule has 0 N–H and O–H groups in total. The second-order valence-electron chi connectivity index (χ2n) is 7.45. The summed E-state index contributed by atoms with van der Waals surface area (Å²) in [6.45, 7) is 6.15. The Bertz CT molecular complexity index is 755. The third-order valence-corrected chi connectivity index (χ3v) is 6.84. The SMILES string of the molecule is CCCCC/C=C/[C@H]1[C@H](CCCCC)OC(=O)N1S(=O)(=O)c1ccc(C)cc1. The maximum atomic E-state index is 13.2. The Balaban J connectivity index is 2.26. The van der Waals surface area contributed by atoms with Crippen LogP contribution >= 0.6 is 0 Å². The zero-order chi connectivity index (χ0) is 20.6. The molecule has 2 atom stereocenters. The van der Waals surface area contributed by atoms with Crippen LogP contribution in [0, 0.1) is 6.92 Å². The Labute approximate surface area is 169 Å². The van der Waals surface area contributed by atoms with Crippen molar-refractivity contribution >= 4 is 16.1 Å². The topological polar surface area (TPSA) is 63.7 Å². The Morgan fingerprint density at radius 1 is 1.04 bits per heavy atom. The van der Waals surface area contributed by atoms with Gasteiger partial charge in [0, 0.05) is 0 Å². The molecule has 2 rings (SSSR count). The average molecular weight is 408 g/mol. The number of nitrogens with zero attached hydrogens (tertiary/aromatic N) is 1. The number of hydrogen-bond donors (Lipinski definition) is 0. The van der Waals surface area contributed by atoms with Gasteiger partial charge in [0.25, 0.3) is 10.0 Å². The summed E-state index contributed by atoms with van der Waals surface area (Å²) in [7, 11) is -3.96. The minimum atomic E-state index is -3.96. The molecule has 28 heavy (non-hydrogen) atoms. The number of allylic oxidation sites excluding steroid dienone is 1. The smallest absolute Gasteiger partial charge is 0.424 e. The number of carbonyl (C=O) groups excluding carboxylic acids is 1. The van der Waals surface area contributed by atoms with Crippen LogP contribution in [0.2, 0.25) is 0 Å². The largest absolute Gasteiger partial charge is 0.443 e. The highest BCUT2D eigenvalue weighted by Gasteiger charge is 2.47. The number of ether oxygens (including phenoxy) is 1. The van der Waals surface area contributed by atoms with Crippen LogP contribution in [-0.4, -0.2) is 31.0 Å². The fourth-order valence-electron chi connectivity index (χ4n) is 3.38. The second kappa shape index (κ2) is 10.6. The van der Waals surface area contributed by atoms with E-state index in [4.69, 9.17) is 4.74 Å². The summed E-state index contributed by atoms with van der Waals surface area (Å²) >= 11 is 0. The van der Waals surface area contributed by atoms with E-state index in [1.54, 1.807) is 24.3 Å². The van der Waals surface area contributed by atoms with Gasteiger partial charge in [-0.2, -0.15) is 4.31 Å². The van der Waals surface area contributed by atoms with Gasteiger partial charge >= 0.3 is 6.09 Å². The van der Waals surface area contributed by atoms with Crippen LogP contribution in [0.25, 0.3) is 0 Å². The molecule has 1 aromatic rings. The lowest BCUT2D eigenvalue weighted by molar-refractivity contribution is 0.127. The lowest BCUT2D eigenvalue weighted by Gasteiger charge is -2.22. The number of hydrogen-bond acceptors (Lipinski definition) is 4. The highest BCUT2D eigenvalue weighted by Crippen LogP contribution is 2.31. The molecule has 5 nitrogen and oxygen atoms in total. The summed E-state index contributed by atoms with van der Waals surface area (Å²) in [5.41, 5.74) is 0.966. The molecule has 0 bridgehead atoms. The fraction of sp³-hybridized carbons (Fsp3) is 0.591. The highest BCUT2D eigenvalue weighted by atomic mass is 32.2. The van der Waals surface area contributed by atoms with Crippen molar-refractivity contribution in [2.75, 3.05) is 0 Å². The number of sulfonamides is 1. The molecule has 1 aromatic carbocycles. The number of amides is 1. The van der Waals surface area contributed by atoms with Crippen molar-refractivity contribution in [3.05, 3.63) is 42.0 Å². The molecule has 6 heteroatoms. The normalized spacial score (nSPS) is 20.1. The van der Waals surface area contributed by atoms with Crippen molar-refractivity contribution in [3.63, 3.8) is 0 Å². The Morgan fingerprint density at radius 2 is 1.68 bits per heavy atom. The first-order valence-corrected chi connectivity index (χ1v) is 11.8. The number of aryl methyl sites for hydroxylation is 1. The first-order chi connectivity index (χ1) is 13.4. The van der Waals surface area contributed by atoms with E-state index in [1.807, 2.05) is 19.1 Å². The van der Waals surface area contributed by atoms with Crippen molar-refractivity contribution < 1.29 is 17.9 Å². The molecule has 0 aromatic heterocycles. The maximum absolute atomic E-state index is 13.2. The lowest BCUT2D eigenvalue weighted by Crippen LogP contribution is -2.40. The van der Waals surface area contributed by atoms with Gasteiger partial charge in [0.1, 0.15) is 12.1 Å². The highest BCUT2D eigenvalue weighted by molar-refractivity contribution is 7.89. The molecule has 1 heterocycles. The number of carbonyl (C=O) groups is 1. The van der Waals surface area contributed by atoms with Crippen LogP contribution in [-0.2, 0) is 14.8 Å². The van der Waals surface area contributed by atoms with Gasteiger partial charge in [0.15, 0.2) is 0 Å². The Hall–Kier alpha value is -1.82. The van der Waals surface area contributed by atoms with Crippen LogP contribution in [0.4, 0.5) is 4.79 Å². The van der Waals surface area contributed by atoms with Gasteiger partial charge in [-0.15, -0.1) is 0 Å². The molecular weight excluding hydrogens is 374 g/mol. The van der Waals surface area contributed by atoms with E-state index in [1.165, 1.54) is 0 Å². The first-order valence-electron chi connectivity index (χ1n) is 10.4. The van der Waals surface area contributed by atoms with Crippen molar-refractivity contribution in [1.29, 1.82) is 0 Å². The quantitative estimate of drug-likeness (QED) is 0.354. The molecule has 0 spiro atoms. The molecule has 156 valence electrons. The summed E-state index contributed by atoms with van der Waals surface area (Å²) < 4.78 is 32.8. The van der Waals surface area contributed by atoms with Crippen LogP contribution in [0.1, 0.15) is 70.8 Å². The minimum absolute atomic E-state index is 0.119. The van der Waals surface area contributed by atoms with Gasteiger partial charge in [-0.25, -0.2) is 13.2 Å². The summed E-state index contributed by atoms with van der Waals surface area (Å²) in [6, 6.07) is 5.98. The zero-order valence-corrected chi connectivity index (χ0v) is 18.1. The Morgan fingerprint density at radius 3 is 2.32 bits per heavy atom. The van der Waals surface area contributed by atoms with Gasteiger partial charge < -0.3 is 4.74 Å². The minimum Gasteiger partial charge on any atom is -0.443 e. The molecule has 0 aliphatic carbocycles. The first kappa shape index (κ1) is 22.5. The van der Waals surface area contributed by atoms with E-state index in [-0.39, 0.29) is 4.90 Å². The van der Waals surface area contributed by atoms with Crippen molar-refractivity contribution in [2.24, 2.45) is 0 Å². The molecule has 1 aliphatic rings. The lowest BCUT2D eigenvalue weighted by atomic mass is 10.0. The molecule has 1 aliphatic heterocycles. The molecule has 0 radical (unpaired) electrons. The number of rotatable bonds is 11. The molecule has 1 amide bonds. The van der Waals surface area contributed by atoms with E-state index in [0.717, 1.165) is 54.8 Å². The number of benzene rings is 1. The standard InChI is InChI=1S/C22H33NO4S/c1-4-6-8-9-11-12-20-21(13-10-7-5-2)27-22(24)23(20)28(25,26)19-16-14-18(3)15-17-19/h11-12,14-17,20-21H,4-10,13H2,1-3H3/b12-11+/t20-,21-/m0/s1. The van der Waals surface area contributed by atoms with Crippen LogP contribution < -0.4 is 0 Å². The summed E-state index contributed by atoms with van der Waals surface area (Å²) in [4.78, 5) is 12.7. The van der Waals surface area contributed by atoms with Crippen LogP contribution in [0.5, 0.6) is 0 Å².